The molecule has 0 fully saturated rings. The average Bonchev–Trinajstić information content (AvgIpc) is 2.58. The summed E-state index contributed by atoms with van der Waals surface area (Å²) < 4.78 is 4.64. The molecule has 0 bridgehead atoms. The van der Waals surface area contributed by atoms with Gasteiger partial charge in [-0.15, -0.1) is 0 Å². The minimum Gasteiger partial charge on any atom is -0.469 e. The van der Waals surface area contributed by atoms with Crippen LogP contribution in [0.4, 0.5) is 0 Å². The number of hydrogen-bond donors (Lipinski definition) is 1. The molecule has 1 atom stereocenters. The Morgan fingerprint density at radius 3 is 2.35 bits per heavy atom. The second-order valence-electron chi connectivity index (χ2n) is 6.24. The second-order valence-corrected chi connectivity index (χ2v) is 6.24. The topological polar surface area (TPSA) is 46.5 Å². The zero-order valence-corrected chi connectivity index (χ0v) is 14.7. The number of esters is 1. The predicted molar refractivity (Wildman–Crippen MR) is 94.3 cm³/mol. The van der Waals surface area contributed by atoms with E-state index in [0.29, 0.717) is 6.42 Å². The van der Waals surface area contributed by atoms with Crippen molar-refractivity contribution < 1.29 is 14.6 Å². The molecule has 130 valence electrons. The maximum Gasteiger partial charge on any atom is 0.305 e. The van der Waals surface area contributed by atoms with Gasteiger partial charge in [0.25, 0.3) is 0 Å². The van der Waals surface area contributed by atoms with E-state index in [2.05, 4.69) is 23.8 Å². The summed E-state index contributed by atoms with van der Waals surface area (Å²) in [7, 11) is 1.42. The van der Waals surface area contributed by atoms with E-state index >= 15 is 0 Å². The Kier molecular flexibility index (Phi) is 10.4. The Morgan fingerprint density at radius 2 is 1.70 bits per heavy atom. The summed E-state index contributed by atoms with van der Waals surface area (Å²) in [5.74, 6) is -0.157. The van der Waals surface area contributed by atoms with Crippen molar-refractivity contribution in [1.29, 1.82) is 0 Å². The monoisotopic (exact) mass is 320 g/mol. The molecule has 1 N–H and O–H groups in total. The minimum atomic E-state index is -0.356. The van der Waals surface area contributed by atoms with Gasteiger partial charge in [0, 0.05) is 6.42 Å². The Balaban J connectivity index is 2.25. The number of carbonyl (C=O) groups excluding carboxylic acids is 1. The first-order valence-corrected chi connectivity index (χ1v) is 9.01. The van der Waals surface area contributed by atoms with Crippen molar-refractivity contribution in [3.63, 3.8) is 0 Å². The molecule has 1 aromatic carbocycles. The van der Waals surface area contributed by atoms with Gasteiger partial charge in [-0.1, -0.05) is 69.7 Å². The number of carbonyl (C=O) groups is 1. The molecular weight excluding hydrogens is 288 g/mol. The maximum absolute atomic E-state index is 11.1. The lowest BCUT2D eigenvalue weighted by atomic mass is 9.99. The van der Waals surface area contributed by atoms with E-state index in [-0.39, 0.29) is 12.1 Å². The largest absolute Gasteiger partial charge is 0.469 e. The van der Waals surface area contributed by atoms with E-state index in [1.54, 1.807) is 0 Å². The first-order chi connectivity index (χ1) is 11.2. The number of methoxy groups -OCH3 is 1. The molecule has 0 heterocycles. The lowest BCUT2D eigenvalue weighted by Crippen LogP contribution is -2.01. The standard InChI is InChI=1S/C20H32O3/c1-3-4-5-6-7-8-11-19(21)18-15-13-17(14-16-18)10-9-12-20(22)23-2/h13-16,19,21H,3-12H2,1-2H3. The van der Waals surface area contributed by atoms with Crippen molar-refractivity contribution in [2.45, 2.75) is 77.2 Å². The van der Waals surface area contributed by atoms with E-state index in [9.17, 15) is 9.90 Å². The van der Waals surface area contributed by atoms with Crippen molar-refractivity contribution in [3.05, 3.63) is 35.4 Å². The predicted octanol–water partition coefficient (Wildman–Crippen LogP) is 4.97. The van der Waals surface area contributed by atoms with Crippen LogP contribution in [0.1, 0.15) is 81.9 Å². The van der Waals surface area contributed by atoms with Gasteiger partial charge in [0.05, 0.1) is 13.2 Å². The normalized spacial score (nSPS) is 12.1. The van der Waals surface area contributed by atoms with E-state index in [0.717, 1.165) is 31.2 Å². The zero-order chi connectivity index (χ0) is 16.9. The number of aryl methyl sites for hydroxylation is 1. The van der Waals surface area contributed by atoms with Crippen LogP contribution in [-0.4, -0.2) is 18.2 Å². The van der Waals surface area contributed by atoms with Gasteiger partial charge >= 0.3 is 5.97 Å². The molecule has 0 amide bonds. The van der Waals surface area contributed by atoms with Crippen LogP contribution in [0.5, 0.6) is 0 Å². The number of ether oxygens (including phenoxy) is 1. The van der Waals surface area contributed by atoms with Crippen LogP contribution in [0.15, 0.2) is 24.3 Å². The van der Waals surface area contributed by atoms with Gasteiger partial charge in [0.2, 0.25) is 0 Å². The summed E-state index contributed by atoms with van der Waals surface area (Å²) >= 11 is 0. The molecule has 0 aliphatic rings. The van der Waals surface area contributed by atoms with Crippen molar-refractivity contribution in [1.82, 2.24) is 0 Å². The van der Waals surface area contributed by atoms with Crippen LogP contribution in [0.2, 0.25) is 0 Å². The molecule has 3 heteroatoms. The third-order valence-corrected chi connectivity index (χ3v) is 4.27. The first-order valence-electron chi connectivity index (χ1n) is 9.01. The molecule has 0 aliphatic carbocycles. The number of rotatable bonds is 12. The van der Waals surface area contributed by atoms with Gasteiger partial charge in [0.1, 0.15) is 0 Å². The summed E-state index contributed by atoms with van der Waals surface area (Å²) in [6.45, 7) is 2.23. The Morgan fingerprint density at radius 1 is 1.04 bits per heavy atom. The zero-order valence-electron chi connectivity index (χ0n) is 14.7. The molecular formula is C20H32O3. The van der Waals surface area contributed by atoms with Gasteiger partial charge in [-0.05, 0) is 30.4 Å². The molecule has 0 saturated carbocycles. The Hall–Kier alpha value is -1.35. The highest BCUT2D eigenvalue weighted by atomic mass is 16.5. The van der Waals surface area contributed by atoms with E-state index < -0.39 is 0 Å². The highest BCUT2D eigenvalue weighted by Gasteiger charge is 2.07. The third kappa shape index (κ3) is 8.75. The van der Waals surface area contributed by atoms with Crippen LogP contribution in [-0.2, 0) is 16.0 Å². The summed E-state index contributed by atoms with van der Waals surface area (Å²) in [4.78, 5) is 11.1. The summed E-state index contributed by atoms with van der Waals surface area (Å²) in [5.41, 5.74) is 2.19. The van der Waals surface area contributed by atoms with E-state index in [4.69, 9.17) is 0 Å². The molecule has 1 rings (SSSR count). The van der Waals surface area contributed by atoms with Gasteiger partial charge in [-0.3, -0.25) is 4.79 Å². The second kappa shape index (κ2) is 12.1. The van der Waals surface area contributed by atoms with Crippen molar-refractivity contribution in [2.24, 2.45) is 0 Å². The highest BCUT2D eigenvalue weighted by molar-refractivity contribution is 5.69. The molecule has 3 nitrogen and oxygen atoms in total. The fourth-order valence-corrected chi connectivity index (χ4v) is 2.73. The van der Waals surface area contributed by atoms with Crippen LogP contribution in [0.3, 0.4) is 0 Å². The lowest BCUT2D eigenvalue weighted by molar-refractivity contribution is -0.140. The minimum absolute atomic E-state index is 0.157. The molecule has 1 unspecified atom stereocenters. The summed E-state index contributed by atoms with van der Waals surface area (Å²) in [6, 6.07) is 8.12. The SMILES string of the molecule is CCCCCCCCC(O)c1ccc(CCCC(=O)OC)cc1. The number of unbranched alkanes of at least 4 members (excludes halogenated alkanes) is 5. The van der Waals surface area contributed by atoms with Crippen molar-refractivity contribution in [3.8, 4) is 0 Å². The van der Waals surface area contributed by atoms with Gasteiger partial charge in [0.15, 0.2) is 0 Å². The lowest BCUT2D eigenvalue weighted by Gasteiger charge is -2.11. The van der Waals surface area contributed by atoms with Crippen LogP contribution < -0.4 is 0 Å². The molecule has 0 radical (unpaired) electrons. The van der Waals surface area contributed by atoms with Crippen LogP contribution in [0, 0.1) is 0 Å². The first kappa shape index (κ1) is 19.7. The highest BCUT2D eigenvalue weighted by Crippen LogP contribution is 2.21. The number of aliphatic hydroxyl groups is 1. The Labute approximate surface area is 141 Å². The molecule has 0 saturated heterocycles. The maximum atomic E-state index is 11.1. The molecule has 1 aromatic rings. The van der Waals surface area contributed by atoms with Crippen LogP contribution in [0.25, 0.3) is 0 Å². The smallest absolute Gasteiger partial charge is 0.305 e. The van der Waals surface area contributed by atoms with E-state index in [1.165, 1.54) is 44.8 Å². The van der Waals surface area contributed by atoms with Crippen molar-refractivity contribution >= 4 is 5.97 Å². The van der Waals surface area contributed by atoms with Gasteiger partial charge < -0.3 is 9.84 Å². The number of benzene rings is 1. The van der Waals surface area contributed by atoms with E-state index in [1.807, 2.05) is 12.1 Å². The molecule has 0 aliphatic heterocycles. The molecule has 0 aromatic heterocycles. The molecule has 0 spiro atoms. The summed E-state index contributed by atoms with van der Waals surface area (Å²) in [6.07, 6.45) is 10.1. The van der Waals surface area contributed by atoms with Gasteiger partial charge in [-0.25, -0.2) is 0 Å². The fraction of sp³-hybridized carbons (Fsp3) is 0.650. The third-order valence-electron chi connectivity index (χ3n) is 4.27. The number of hydrogen-bond acceptors (Lipinski definition) is 3. The van der Waals surface area contributed by atoms with Gasteiger partial charge in [-0.2, -0.15) is 0 Å². The molecule has 23 heavy (non-hydrogen) atoms. The quantitative estimate of drug-likeness (QED) is 0.437. The average molecular weight is 320 g/mol. The Bertz CT molecular complexity index is 425. The summed E-state index contributed by atoms with van der Waals surface area (Å²) in [5, 5.41) is 10.2. The van der Waals surface area contributed by atoms with Crippen molar-refractivity contribution in [2.75, 3.05) is 7.11 Å². The van der Waals surface area contributed by atoms with Crippen LogP contribution >= 0.6 is 0 Å². The fourth-order valence-electron chi connectivity index (χ4n) is 2.73. The number of aliphatic hydroxyl groups excluding tert-OH is 1.